The van der Waals surface area contributed by atoms with E-state index in [1.165, 1.54) is 4.88 Å². The number of halogens is 2. The molecule has 1 atom stereocenters. The van der Waals surface area contributed by atoms with Gasteiger partial charge in [0.2, 0.25) is 5.91 Å². The molecule has 0 saturated heterocycles. The van der Waals surface area contributed by atoms with Crippen molar-refractivity contribution in [2.24, 2.45) is 5.73 Å². The van der Waals surface area contributed by atoms with E-state index in [0.717, 1.165) is 59.6 Å². The molecule has 2 aromatic rings. The molecule has 5 nitrogen and oxygen atoms in total. The molecule has 1 amide bonds. The summed E-state index contributed by atoms with van der Waals surface area (Å²) in [5.41, 5.74) is 8.27. The van der Waals surface area contributed by atoms with Gasteiger partial charge in [-0.3, -0.25) is 9.59 Å². The number of quaternary nitrogens is 1. The van der Waals surface area contributed by atoms with Gasteiger partial charge in [-0.2, -0.15) is 0 Å². The SMILES string of the molecule is COCCC[N+]1(C)CCc2c(sc(CC(=O)Cc3ccc(Cl)cc3)c2C(N)=O)C1.[I-]. The first-order chi connectivity index (χ1) is 13.8. The molecule has 1 aromatic heterocycles. The second-order valence-corrected chi connectivity index (χ2v) is 9.63. The Morgan fingerprint density at radius 1 is 1.23 bits per heavy atom. The van der Waals surface area contributed by atoms with Crippen molar-refractivity contribution in [2.45, 2.75) is 32.2 Å². The van der Waals surface area contributed by atoms with E-state index < -0.39 is 5.91 Å². The normalized spacial score (nSPS) is 17.8. The van der Waals surface area contributed by atoms with Crippen LogP contribution in [0.15, 0.2) is 24.3 Å². The van der Waals surface area contributed by atoms with E-state index in [0.29, 0.717) is 17.0 Å². The van der Waals surface area contributed by atoms with E-state index in [-0.39, 0.29) is 36.2 Å². The molecule has 30 heavy (non-hydrogen) atoms. The summed E-state index contributed by atoms with van der Waals surface area (Å²) in [6.45, 7) is 3.62. The number of primary amides is 1. The van der Waals surface area contributed by atoms with Gasteiger partial charge >= 0.3 is 0 Å². The number of likely N-dealkylation sites (N-methyl/N-ethyl adjacent to an activating group) is 1. The summed E-state index contributed by atoms with van der Waals surface area (Å²) in [5.74, 6) is -0.349. The predicted octanol–water partition coefficient (Wildman–Crippen LogP) is 0.398. The molecular weight excluding hydrogens is 535 g/mol. The van der Waals surface area contributed by atoms with Gasteiger partial charge in [0.15, 0.2) is 0 Å². The first kappa shape index (κ1) is 25.3. The van der Waals surface area contributed by atoms with Gasteiger partial charge in [-0.1, -0.05) is 23.7 Å². The fourth-order valence-corrected chi connectivity index (χ4v) is 5.72. The van der Waals surface area contributed by atoms with Gasteiger partial charge in [-0.15, -0.1) is 11.3 Å². The smallest absolute Gasteiger partial charge is 0.250 e. The number of benzene rings is 1. The van der Waals surface area contributed by atoms with Gasteiger partial charge < -0.3 is 38.9 Å². The highest BCUT2D eigenvalue weighted by Gasteiger charge is 2.34. The summed E-state index contributed by atoms with van der Waals surface area (Å²) >= 11 is 7.49. The third kappa shape index (κ3) is 6.26. The standard InChI is InChI=1S/C22H27ClN2O3S.HI/c1-25(9-3-11-28-2)10-8-18-20(14-25)29-19(21(18)22(24)27)13-17(26)12-15-4-6-16(23)7-5-15;/h4-7H,3,8-14H2,1-2H3,(H-,24,27);1H. The summed E-state index contributed by atoms with van der Waals surface area (Å²) in [7, 11) is 3.97. The Labute approximate surface area is 204 Å². The van der Waals surface area contributed by atoms with Crippen LogP contribution in [0.5, 0.6) is 0 Å². The van der Waals surface area contributed by atoms with Crippen molar-refractivity contribution in [1.29, 1.82) is 0 Å². The molecule has 164 valence electrons. The second kappa shape index (κ2) is 11.0. The lowest BCUT2D eigenvalue weighted by atomic mass is 9.97. The molecular formula is C22H28ClIN2O3S. The van der Waals surface area contributed by atoms with Crippen molar-refractivity contribution in [3.63, 3.8) is 0 Å². The molecule has 1 aromatic carbocycles. The number of carbonyl (C=O) groups is 2. The molecule has 1 unspecified atom stereocenters. The molecule has 1 aliphatic heterocycles. The molecule has 3 rings (SSSR count). The molecule has 2 N–H and O–H groups in total. The topological polar surface area (TPSA) is 69.4 Å². The summed E-state index contributed by atoms with van der Waals surface area (Å²) in [6, 6.07) is 7.28. The van der Waals surface area contributed by atoms with Gasteiger partial charge in [0.05, 0.1) is 37.2 Å². The van der Waals surface area contributed by atoms with Crippen molar-refractivity contribution in [2.75, 3.05) is 33.9 Å². The molecule has 8 heteroatoms. The number of ether oxygens (including phenoxy) is 1. The van der Waals surface area contributed by atoms with Crippen LogP contribution in [0.2, 0.25) is 5.02 Å². The third-order valence-electron chi connectivity index (χ3n) is 5.56. The highest BCUT2D eigenvalue weighted by Crippen LogP contribution is 2.36. The van der Waals surface area contributed by atoms with Crippen LogP contribution in [0, 0.1) is 0 Å². The molecule has 1 aliphatic rings. The van der Waals surface area contributed by atoms with Gasteiger partial charge in [0, 0.05) is 42.7 Å². The number of hydrogen-bond donors (Lipinski definition) is 1. The monoisotopic (exact) mass is 562 g/mol. The number of thiophene rings is 1. The zero-order valence-corrected chi connectivity index (χ0v) is 21.1. The lowest BCUT2D eigenvalue weighted by molar-refractivity contribution is -0.924. The quantitative estimate of drug-likeness (QED) is 0.273. The Morgan fingerprint density at radius 3 is 2.57 bits per heavy atom. The number of methoxy groups -OCH3 is 1. The van der Waals surface area contributed by atoms with Crippen LogP contribution in [0.4, 0.5) is 0 Å². The molecule has 0 fully saturated rings. The zero-order valence-electron chi connectivity index (χ0n) is 17.4. The largest absolute Gasteiger partial charge is 1.00 e. The summed E-state index contributed by atoms with van der Waals surface area (Å²) < 4.78 is 6.11. The fourth-order valence-electron chi connectivity index (χ4n) is 4.03. The second-order valence-electron chi connectivity index (χ2n) is 8.01. The minimum Gasteiger partial charge on any atom is -1.00 e. The average Bonchev–Trinajstić information content (AvgIpc) is 3.00. The maximum atomic E-state index is 12.7. The van der Waals surface area contributed by atoms with Crippen molar-refractivity contribution in [3.05, 3.63) is 55.7 Å². The number of nitrogens with zero attached hydrogens (tertiary/aromatic N) is 1. The van der Waals surface area contributed by atoms with Crippen LogP contribution in [0.25, 0.3) is 0 Å². The highest BCUT2D eigenvalue weighted by atomic mass is 127. The van der Waals surface area contributed by atoms with E-state index in [4.69, 9.17) is 22.1 Å². The number of Topliss-reactive ketones (excluding diaryl/α,β-unsaturated/α-hetero) is 1. The van der Waals surface area contributed by atoms with Crippen molar-refractivity contribution < 1.29 is 42.8 Å². The Hall–Kier alpha value is -1.00. The Morgan fingerprint density at radius 2 is 1.93 bits per heavy atom. The Bertz CT molecular complexity index is 901. The summed E-state index contributed by atoms with van der Waals surface area (Å²) in [6.07, 6.45) is 2.39. The van der Waals surface area contributed by atoms with Crippen LogP contribution >= 0.6 is 22.9 Å². The van der Waals surface area contributed by atoms with Gasteiger partial charge in [0.1, 0.15) is 12.3 Å². The van der Waals surface area contributed by atoms with Gasteiger partial charge in [-0.05, 0) is 23.3 Å². The maximum absolute atomic E-state index is 12.7. The molecule has 0 spiro atoms. The third-order valence-corrected chi connectivity index (χ3v) is 7.02. The molecule has 0 radical (unpaired) electrons. The van der Waals surface area contributed by atoms with E-state index in [1.54, 1.807) is 30.6 Å². The van der Waals surface area contributed by atoms with Crippen LogP contribution in [0.1, 0.15) is 37.7 Å². The minimum absolute atomic E-state index is 0. The highest BCUT2D eigenvalue weighted by molar-refractivity contribution is 7.12. The van der Waals surface area contributed by atoms with Crippen LogP contribution < -0.4 is 29.7 Å². The maximum Gasteiger partial charge on any atom is 0.250 e. The Kier molecular flexibility index (Phi) is 9.30. The first-order valence-electron chi connectivity index (χ1n) is 9.83. The number of rotatable bonds is 9. The lowest BCUT2D eigenvalue weighted by Crippen LogP contribution is -3.00. The number of nitrogens with two attached hydrogens (primary N) is 1. The van der Waals surface area contributed by atoms with Crippen molar-refractivity contribution in [1.82, 2.24) is 0 Å². The molecule has 2 heterocycles. The van der Waals surface area contributed by atoms with E-state index in [2.05, 4.69) is 7.05 Å². The van der Waals surface area contributed by atoms with E-state index >= 15 is 0 Å². The number of fused-ring (bicyclic) bond motifs is 1. The summed E-state index contributed by atoms with van der Waals surface area (Å²) in [5, 5.41) is 0.648. The number of ketones is 1. The van der Waals surface area contributed by atoms with Crippen molar-refractivity contribution >= 4 is 34.6 Å². The van der Waals surface area contributed by atoms with Crippen LogP contribution in [-0.2, 0) is 35.3 Å². The molecule has 0 bridgehead atoms. The first-order valence-corrected chi connectivity index (χ1v) is 11.0. The number of amides is 1. The lowest BCUT2D eigenvalue weighted by Gasteiger charge is -2.37. The zero-order chi connectivity index (χ0) is 21.0. The summed E-state index contributed by atoms with van der Waals surface area (Å²) in [4.78, 5) is 26.9. The minimum atomic E-state index is -0.424. The van der Waals surface area contributed by atoms with E-state index in [1.807, 2.05) is 12.1 Å². The van der Waals surface area contributed by atoms with Crippen molar-refractivity contribution in [3.8, 4) is 0 Å². The molecule has 0 saturated carbocycles. The predicted molar refractivity (Wildman–Crippen MR) is 117 cm³/mol. The Balaban J connectivity index is 0.00000320. The van der Waals surface area contributed by atoms with Gasteiger partial charge in [0.25, 0.3) is 0 Å². The molecule has 0 aliphatic carbocycles. The van der Waals surface area contributed by atoms with E-state index in [9.17, 15) is 9.59 Å². The van der Waals surface area contributed by atoms with Crippen LogP contribution in [0.3, 0.4) is 0 Å². The van der Waals surface area contributed by atoms with Crippen LogP contribution in [-0.4, -0.2) is 50.0 Å². The average molecular weight is 563 g/mol. The van der Waals surface area contributed by atoms with Gasteiger partial charge in [-0.25, -0.2) is 0 Å². The number of hydrogen-bond acceptors (Lipinski definition) is 4. The fraction of sp³-hybridized carbons (Fsp3) is 0.455. The number of carbonyl (C=O) groups excluding carboxylic acids is 2.